The molecule has 2 N–H and O–H groups in total. The summed E-state index contributed by atoms with van der Waals surface area (Å²) in [6.07, 6.45) is 4.51. The van der Waals surface area contributed by atoms with Crippen LogP contribution in [0.2, 0.25) is 0 Å². The Morgan fingerprint density at radius 1 is 1.06 bits per heavy atom. The maximum atomic E-state index is 12.6. The maximum Gasteiger partial charge on any atom is 0.410 e. The van der Waals surface area contributed by atoms with Crippen molar-refractivity contribution in [1.29, 1.82) is 0 Å². The lowest BCUT2D eigenvalue weighted by Gasteiger charge is -2.34. The lowest BCUT2D eigenvalue weighted by Crippen LogP contribution is -2.42. The van der Waals surface area contributed by atoms with Crippen LogP contribution in [0.3, 0.4) is 0 Å². The first-order chi connectivity index (χ1) is 14.7. The Balaban J connectivity index is 1.46. The summed E-state index contributed by atoms with van der Waals surface area (Å²) >= 11 is 0. The fraction of sp³-hybridized carbons (Fsp3) is 0.500. The van der Waals surface area contributed by atoms with Crippen molar-refractivity contribution < 1.29 is 23.5 Å². The third-order valence-electron chi connectivity index (χ3n) is 4.96. The van der Waals surface area contributed by atoms with Gasteiger partial charge in [0, 0.05) is 38.4 Å². The van der Waals surface area contributed by atoms with Gasteiger partial charge in [-0.15, -0.1) is 0 Å². The van der Waals surface area contributed by atoms with Gasteiger partial charge in [0.05, 0.1) is 6.26 Å². The van der Waals surface area contributed by atoms with E-state index in [1.54, 1.807) is 23.1 Å². The van der Waals surface area contributed by atoms with Gasteiger partial charge in [-0.05, 0) is 57.9 Å². The van der Waals surface area contributed by atoms with Gasteiger partial charge in [-0.2, -0.15) is 0 Å². The van der Waals surface area contributed by atoms with Crippen molar-refractivity contribution in [3.05, 3.63) is 48.2 Å². The molecule has 0 aliphatic carbocycles. The summed E-state index contributed by atoms with van der Waals surface area (Å²) < 4.78 is 12.4. The van der Waals surface area contributed by atoms with Crippen molar-refractivity contribution >= 4 is 17.9 Å². The number of carbonyl (C=O) groups is 3. The first-order valence-corrected chi connectivity index (χ1v) is 10.5. The normalized spacial score (nSPS) is 14.9. The van der Waals surface area contributed by atoms with E-state index in [2.05, 4.69) is 10.6 Å². The smallest absolute Gasteiger partial charge is 0.410 e. The molecule has 0 saturated carbocycles. The third-order valence-corrected chi connectivity index (χ3v) is 4.96. The molecule has 3 rings (SSSR count). The summed E-state index contributed by atoms with van der Waals surface area (Å²) in [5.41, 5.74) is 0.0462. The molecule has 0 unspecified atom stereocenters. The Morgan fingerprint density at radius 2 is 1.74 bits per heavy atom. The molecule has 0 spiro atoms. The van der Waals surface area contributed by atoms with Crippen LogP contribution in [0.1, 0.15) is 60.7 Å². The summed E-state index contributed by atoms with van der Waals surface area (Å²) in [4.78, 5) is 38.4. The van der Waals surface area contributed by atoms with Gasteiger partial charge in [-0.1, -0.05) is 0 Å². The number of hydrogen-bond acceptors (Lipinski definition) is 5. The van der Waals surface area contributed by atoms with E-state index in [1.807, 2.05) is 37.6 Å². The minimum Gasteiger partial charge on any atom is -0.459 e. The van der Waals surface area contributed by atoms with Crippen LogP contribution in [0.5, 0.6) is 0 Å². The second-order valence-electron chi connectivity index (χ2n) is 8.49. The zero-order chi connectivity index (χ0) is 22.4. The molecule has 1 fully saturated rings. The highest BCUT2D eigenvalue weighted by Crippen LogP contribution is 2.25. The van der Waals surface area contributed by atoms with E-state index >= 15 is 0 Å². The second kappa shape index (κ2) is 9.72. The highest BCUT2D eigenvalue weighted by molar-refractivity contribution is 5.93. The molecule has 3 heterocycles. The van der Waals surface area contributed by atoms with E-state index in [0.29, 0.717) is 31.9 Å². The van der Waals surface area contributed by atoms with E-state index < -0.39 is 5.60 Å². The van der Waals surface area contributed by atoms with Crippen molar-refractivity contribution in [2.24, 2.45) is 0 Å². The number of aromatic nitrogens is 1. The maximum absolute atomic E-state index is 12.6. The molecule has 31 heavy (non-hydrogen) atoms. The second-order valence-corrected chi connectivity index (χ2v) is 8.49. The standard InChI is InChI=1S/C22H30N4O5/c1-22(2,3)31-21(29)25-13-8-16(9-14-25)26-12-4-6-17(26)19(27)23-10-11-24-20(28)18-7-5-15-30-18/h4-7,12,15-16H,8-11,13-14H2,1-3H3,(H,23,27)(H,24,28). The van der Waals surface area contributed by atoms with Crippen molar-refractivity contribution in [2.75, 3.05) is 26.2 Å². The Bertz CT molecular complexity index is 889. The first-order valence-electron chi connectivity index (χ1n) is 10.5. The predicted octanol–water partition coefficient (Wildman–Crippen LogP) is 2.81. The van der Waals surface area contributed by atoms with Gasteiger partial charge in [0.2, 0.25) is 0 Å². The Hall–Kier alpha value is -3.23. The van der Waals surface area contributed by atoms with E-state index in [4.69, 9.17) is 9.15 Å². The molecule has 0 bridgehead atoms. The van der Waals surface area contributed by atoms with Crippen molar-refractivity contribution in [3.8, 4) is 0 Å². The topological polar surface area (TPSA) is 106 Å². The summed E-state index contributed by atoms with van der Waals surface area (Å²) in [5, 5.41) is 5.52. The number of rotatable bonds is 6. The summed E-state index contributed by atoms with van der Waals surface area (Å²) in [6, 6.07) is 6.97. The Kier molecular flexibility index (Phi) is 7.04. The lowest BCUT2D eigenvalue weighted by molar-refractivity contribution is 0.0187. The van der Waals surface area contributed by atoms with Crippen molar-refractivity contribution in [2.45, 2.75) is 45.3 Å². The molecule has 1 aliphatic heterocycles. The van der Waals surface area contributed by atoms with Gasteiger partial charge in [0.15, 0.2) is 5.76 Å². The van der Waals surface area contributed by atoms with Gasteiger partial charge in [0.1, 0.15) is 11.3 Å². The molecule has 3 amide bonds. The monoisotopic (exact) mass is 430 g/mol. The average molecular weight is 431 g/mol. The largest absolute Gasteiger partial charge is 0.459 e. The molecule has 168 valence electrons. The third kappa shape index (κ3) is 6.13. The summed E-state index contributed by atoms with van der Waals surface area (Å²) in [7, 11) is 0. The zero-order valence-corrected chi connectivity index (χ0v) is 18.2. The lowest BCUT2D eigenvalue weighted by atomic mass is 10.0. The predicted molar refractivity (Wildman–Crippen MR) is 114 cm³/mol. The number of nitrogens with one attached hydrogen (secondary N) is 2. The van der Waals surface area contributed by atoms with E-state index in [-0.39, 0.29) is 29.7 Å². The minimum atomic E-state index is -0.517. The number of hydrogen-bond donors (Lipinski definition) is 2. The molecule has 1 aliphatic rings. The summed E-state index contributed by atoms with van der Waals surface area (Å²) in [5.74, 6) is -0.288. The Labute approximate surface area is 181 Å². The fourth-order valence-corrected chi connectivity index (χ4v) is 3.50. The fourth-order valence-electron chi connectivity index (χ4n) is 3.50. The molecule has 1 saturated heterocycles. The molecule has 9 nitrogen and oxygen atoms in total. The average Bonchev–Trinajstić information content (AvgIpc) is 3.42. The van der Waals surface area contributed by atoms with E-state index in [9.17, 15) is 14.4 Å². The molecular formula is C22H30N4O5. The van der Waals surface area contributed by atoms with Crippen LogP contribution in [0, 0.1) is 0 Å². The molecule has 0 radical (unpaired) electrons. The van der Waals surface area contributed by atoms with Gasteiger partial charge in [-0.25, -0.2) is 4.79 Å². The van der Waals surface area contributed by atoms with Gasteiger partial charge in [0.25, 0.3) is 11.8 Å². The molecule has 2 aromatic heterocycles. The number of likely N-dealkylation sites (tertiary alicyclic amines) is 1. The highest BCUT2D eigenvalue weighted by atomic mass is 16.6. The SMILES string of the molecule is CC(C)(C)OC(=O)N1CCC(n2cccc2C(=O)NCCNC(=O)c2ccco2)CC1. The number of piperidine rings is 1. The van der Waals surface area contributed by atoms with Crippen LogP contribution in [0.25, 0.3) is 0 Å². The van der Waals surface area contributed by atoms with Crippen molar-refractivity contribution in [1.82, 2.24) is 20.1 Å². The molecular weight excluding hydrogens is 400 g/mol. The van der Waals surface area contributed by atoms with Crippen LogP contribution in [0.15, 0.2) is 41.1 Å². The molecule has 9 heteroatoms. The summed E-state index contributed by atoms with van der Waals surface area (Å²) in [6.45, 7) is 7.31. The number of furan rings is 1. The van der Waals surface area contributed by atoms with Gasteiger partial charge in [-0.3, -0.25) is 9.59 Å². The molecule has 0 aromatic carbocycles. The van der Waals surface area contributed by atoms with Crippen LogP contribution in [-0.2, 0) is 4.74 Å². The minimum absolute atomic E-state index is 0.132. The van der Waals surface area contributed by atoms with Crippen LogP contribution >= 0.6 is 0 Å². The van der Waals surface area contributed by atoms with Crippen LogP contribution in [-0.4, -0.2) is 59.2 Å². The van der Waals surface area contributed by atoms with Gasteiger partial charge < -0.3 is 29.3 Å². The molecule has 0 atom stereocenters. The van der Waals surface area contributed by atoms with Crippen LogP contribution < -0.4 is 10.6 Å². The first kappa shape index (κ1) is 22.5. The molecule has 2 aromatic rings. The van der Waals surface area contributed by atoms with Gasteiger partial charge >= 0.3 is 6.09 Å². The Morgan fingerprint density at radius 3 is 2.35 bits per heavy atom. The number of carbonyl (C=O) groups excluding carboxylic acids is 3. The number of ether oxygens (including phenoxy) is 1. The number of nitrogens with zero attached hydrogens (tertiary/aromatic N) is 2. The zero-order valence-electron chi connectivity index (χ0n) is 18.2. The number of amides is 3. The highest BCUT2D eigenvalue weighted by Gasteiger charge is 2.28. The quantitative estimate of drug-likeness (QED) is 0.686. The van der Waals surface area contributed by atoms with E-state index in [0.717, 1.165) is 12.8 Å². The van der Waals surface area contributed by atoms with Crippen LogP contribution in [0.4, 0.5) is 4.79 Å². The van der Waals surface area contributed by atoms with Crippen molar-refractivity contribution in [3.63, 3.8) is 0 Å². The van der Waals surface area contributed by atoms with E-state index in [1.165, 1.54) is 6.26 Å².